The Morgan fingerprint density at radius 2 is 2.15 bits per heavy atom. The van der Waals surface area contributed by atoms with Gasteiger partial charge in [-0.3, -0.25) is 4.79 Å². The first-order chi connectivity index (χ1) is 12.5. The lowest BCUT2D eigenvalue weighted by atomic mass is 10.2. The number of hydrogen-bond acceptors (Lipinski definition) is 7. The molecule has 9 heteroatoms. The number of nitrogens with one attached hydrogen (secondary N) is 1. The molecule has 0 aliphatic carbocycles. The maximum Gasteiger partial charge on any atom is 0.259 e. The lowest BCUT2D eigenvalue weighted by Crippen LogP contribution is -2.11. The van der Waals surface area contributed by atoms with Gasteiger partial charge < -0.3 is 9.55 Å². The van der Waals surface area contributed by atoms with Crippen LogP contribution in [0.2, 0.25) is 0 Å². The summed E-state index contributed by atoms with van der Waals surface area (Å²) in [6.07, 6.45) is 0.774. The summed E-state index contributed by atoms with van der Waals surface area (Å²) in [6, 6.07) is 4.14. The molecule has 0 bridgehead atoms. The van der Waals surface area contributed by atoms with Gasteiger partial charge in [0.15, 0.2) is 5.16 Å². The first-order valence-corrected chi connectivity index (χ1v) is 10.7. The number of aromatic nitrogens is 5. The number of thioether (sulfide) groups is 1. The summed E-state index contributed by atoms with van der Waals surface area (Å²) in [5.41, 5.74) is 0.952. The molecule has 1 N–H and O–H groups in total. The maximum atomic E-state index is 12.4. The topological polar surface area (TPSA) is 76.5 Å². The van der Waals surface area contributed by atoms with E-state index in [0.29, 0.717) is 17.0 Å². The minimum atomic E-state index is -0.0659. The summed E-state index contributed by atoms with van der Waals surface area (Å²) in [5, 5.41) is 12.2. The molecule has 6 nitrogen and oxygen atoms in total. The smallest absolute Gasteiger partial charge is 0.259 e. The number of hydrogen-bond donors (Lipinski definition) is 1. The van der Waals surface area contributed by atoms with Gasteiger partial charge in [-0.05, 0) is 30.9 Å². The highest BCUT2D eigenvalue weighted by atomic mass is 32.2. The molecule has 0 saturated heterocycles. The second-order valence-electron chi connectivity index (χ2n) is 5.98. The van der Waals surface area contributed by atoms with E-state index in [-0.39, 0.29) is 5.56 Å². The number of thiophene rings is 2. The molecule has 134 valence electrons. The van der Waals surface area contributed by atoms with Crippen molar-refractivity contribution < 1.29 is 0 Å². The Morgan fingerprint density at radius 1 is 1.31 bits per heavy atom. The maximum absolute atomic E-state index is 12.4. The number of aryl methyl sites for hydroxylation is 2. The van der Waals surface area contributed by atoms with Crippen LogP contribution in [0.5, 0.6) is 0 Å². The third kappa shape index (κ3) is 3.22. The Labute approximate surface area is 162 Å². The summed E-state index contributed by atoms with van der Waals surface area (Å²) in [4.78, 5) is 23.1. The van der Waals surface area contributed by atoms with Crippen LogP contribution in [0.15, 0.2) is 27.5 Å². The number of nitrogens with zero attached hydrogens (tertiary/aromatic N) is 4. The summed E-state index contributed by atoms with van der Waals surface area (Å²) in [6.45, 7) is 3.98. The van der Waals surface area contributed by atoms with E-state index in [1.807, 2.05) is 31.5 Å². The van der Waals surface area contributed by atoms with Crippen molar-refractivity contribution in [3.05, 3.63) is 54.8 Å². The van der Waals surface area contributed by atoms with Gasteiger partial charge in [-0.25, -0.2) is 4.98 Å². The fourth-order valence-corrected chi connectivity index (χ4v) is 5.24. The zero-order chi connectivity index (χ0) is 18.3. The van der Waals surface area contributed by atoms with E-state index in [9.17, 15) is 4.79 Å². The lowest BCUT2D eigenvalue weighted by Gasteiger charge is -2.03. The van der Waals surface area contributed by atoms with Gasteiger partial charge in [0.25, 0.3) is 5.56 Å². The van der Waals surface area contributed by atoms with E-state index >= 15 is 0 Å². The highest BCUT2D eigenvalue weighted by molar-refractivity contribution is 7.98. The Hall–Kier alpha value is -1.97. The van der Waals surface area contributed by atoms with Crippen molar-refractivity contribution in [3.8, 4) is 0 Å². The second kappa shape index (κ2) is 6.98. The van der Waals surface area contributed by atoms with Crippen LogP contribution in [-0.2, 0) is 19.2 Å². The molecule has 0 amide bonds. The van der Waals surface area contributed by atoms with Gasteiger partial charge >= 0.3 is 0 Å². The largest absolute Gasteiger partial charge is 0.309 e. The Morgan fingerprint density at radius 3 is 2.92 bits per heavy atom. The van der Waals surface area contributed by atoms with Crippen LogP contribution in [0.25, 0.3) is 10.2 Å². The standard InChI is InChI=1S/C17H17N5OS3/c1-9-10(2)26-16-14(9)15(23)18-12(19-16)8-25-17-21-20-13(22(17)3)7-11-5-4-6-24-11/h4-6H,7-8H2,1-3H3,(H,18,19,23). The SMILES string of the molecule is Cc1sc2nc(CSc3nnc(Cc4cccs4)n3C)[nH]c(=O)c2c1C. The van der Waals surface area contributed by atoms with Crippen LogP contribution in [0.3, 0.4) is 0 Å². The van der Waals surface area contributed by atoms with E-state index < -0.39 is 0 Å². The van der Waals surface area contributed by atoms with Gasteiger partial charge in [0, 0.05) is 23.2 Å². The molecule has 0 aliphatic heterocycles. The molecular formula is C17H17N5OS3. The van der Waals surface area contributed by atoms with Gasteiger partial charge in [-0.15, -0.1) is 32.9 Å². The van der Waals surface area contributed by atoms with Crippen molar-refractivity contribution in [2.45, 2.75) is 31.2 Å². The summed E-state index contributed by atoms with van der Waals surface area (Å²) in [7, 11) is 1.97. The van der Waals surface area contributed by atoms with Crippen molar-refractivity contribution in [1.29, 1.82) is 0 Å². The molecule has 26 heavy (non-hydrogen) atoms. The Balaban J connectivity index is 1.53. The number of aromatic amines is 1. The van der Waals surface area contributed by atoms with Crippen LogP contribution in [0, 0.1) is 13.8 Å². The van der Waals surface area contributed by atoms with Gasteiger partial charge in [0.1, 0.15) is 16.5 Å². The lowest BCUT2D eigenvalue weighted by molar-refractivity contribution is 0.750. The minimum absolute atomic E-state index is 0.0659. The monoisotopic (exact) mass is 403 g/mol. The predicted molar refractivity (Wildman–Crippen MR) is 107 cm³/mol. The van der Waals surface area contributed by atoms with Crippen LogP contribution in [0.4, 0.5) is 0 Å². The van der Waals surface area contributed by atoms with E-state index in [1.54, 1.807) is 22.7 Å². The molecule has 4 aromatic rings. The highest BCUT2D eigenvalue weighted by Crippen LogP contribution is 2.27. The summed E-state index contributed by atoms with van der Waals surface area (Å²) < 4.78 is 2.00. The molecule has 0 fully saturated rings. The number of fused-ring (bicyclic) bond motifs is 1. The van der Waals surface area contributed by atoms with Crippen LogP contribution < -0.4 is 5.56 Å². The number of H-pyrrole nitrogens is 1. The Bertz CT molecular complexity index is 1120. The molecule has 0 aliphatic rings. The Kier molecular flexibility index (Phi) is 4.68. The summed E-state index contributed by atoms with van der Waals surface area (Å²) in [5.74, 6) is 2.14. The van der Waals surface area contributed by atoms with Crippen molar-refractivity contribution >= 4 is 44.7 Å². The minimum Gasteiger partial charge on any atom is -0.309 e. The number of rotatable bonds is 5. The second-order valence-corrected chi connectivity index (χ2v) is 9.16. The fourth-order valence-electron chi connectivity index (χ4n) is 2.69. The zero-order valence-electron chi connectivity index (χ0n) is 14.6. The third-order valence-electron chi connectivity index (χ3n) is 4.26. The van der Waals surface area contributed by atoms with Crippen LogP contribution in [0.1, 0.15) is 27.0 Å². The van der Waals surface area contributed by atoms with Crippen LogP contribution in [-0.4, -0.2) is 24.7 Å². The quantitative estimate of drug-likeness (QED) is 0.515. The molecule has 4 aromatic heterocycles. The van der Waals surface area contributed by atoms with E-state index in [2.05, 4.69) is 31.6 Å². The first-order valence-electron chi connectivity index (χ1n) is 8.05. The van der Waals surface area contributed by atoms with Gasteiger partial charge in [-0.2, -0.15) is 0 Å². The molecule has 0 radical (unpaired) electrons. The van der Waals surface area contributed by atoms with E-state index in [1.165, 1.54) is 16.6 Å². The predicted octanol–water partition coefficient (Wildman–Crippen LogP) is 3.67. The average Bonchev–Trinajstić information content (AvgIpc) is 3.30. The first kappa shape index (κ1) is 17.4. The third-order valence-corrected chi connectivity index (χ3v) is 7.27. The zero-order valence-corrected chi connectivity index (χ0v) is 17.0. The molecule has 4 rings (SSSR count). The molecular weight excluding hydrogens is 386 g/mol. The average molecular weight is 404 g/mol. The molecule has 0 atom stereocenters. The van der Waals surface area contributed by atoms with Crippen LogP contribution >= 0.6 is 34.4 Å². The van der Waals surface area contributed by atoms with Gasteiger partial charge in [0.2, 0.25) is 0 Å². The van der Waals surface area contributed by atoms with E-state index in [4.69, 9.17) is 0 Å². The molecule has 0 saturated carbocycles. The molecule has 0 unspecified atom stereocenters. The van der Waals surface area contributed by atoms with E-state index in [0.717, 1.165) is 32.7 Å². The normalized spacial score (nSPS) is 11.5. The molecule has 4 heterocycles. The summed E-state index contributed by atoms with van der Waals surface area (Å²) >= 11 is 4.81. The fraction of sp³-hybridized carbons (Fsp3) is 0.294. The van der Waals surface area contributed by atoms with Crippen molar-refractivity contribution in [1.82, 2.24) is 24.7 Å². The highest BCUT2D eigenvalue weighted by Gasteiger charge is 2.14. The van der Waals surface area contributed by atoms with Crippen molar-refractivity contribution in [2.75, 3.05) is 0 Å². The van der Waals surface area contributed by atoms with Crippen molar-refractivity contribution in [3.63, 3.8) is 0 Å². The molecule has 0 aromatic carbocycles. The van der Waals surface area contributed by atoms with Crippen molar-refractivity contribution in [2.24, 2.45) is 7.05 Å². The molecule has 0 spiro atoms. The van der Waals surface area contributed by atoms with Gasteiger partial charge in [0.05, 0.1) is 11.1 Å². The van der Waals surface area contributed by atoms with Gasteiger partial charge in [-0.1, -0.05) is 17.8 Å².